The van der Waals surface area contributed by atoms with Gasteiger partial charge in [-0.25, -0.2) is 4.79 Å². The molecule has 0 radical (unpaired) electrons. The van der Waals surface area contributed by atoms with Crippen molar-refractivity contribution in [3.63, 3.8) is 0 Å². The normalized spacial score (nSPS) is 15.5. The summed E-state index contributed by atoms with van der Waals surface area (Å²) in [5, 5.41) is 7.57. The third-order valence-corrected chi connectivity index (χ3v) is 2.60. The Morgan fingerprint density at radius 2 is 0.731 bits per heavy atom. The lowest BCUT2D eigenvalue weighted by Gasteiger charge is -2.40. The zero-order valence-corrected chi connectivity index (χ0v) is 11.7. The maximum atomic E-state index is 12.8. The highest BCUT2D eigenvalue weighted by atomic mass is 35.5. The van der Waals surface area contributed by atoms with E-state index in [0.717, 1.165) is 0 Å². The highest BCUT2D eigenvalue weighted by molar-refractivity contribution is 5.85. The van der Waals surface area contributed by atoms with Crippen molar-refractivity contribution in [2.75, 3.05) is 0 Å². The Labute approximate surface area is 137 Å². The van der Waals surface area contributed by atoms with Crippen LogP contribution in [0.5, 0.6) is 0 Å². The summed E-state index contributed by atoms with van der Waals surface area (Å²) in [6.07, 6.45) is -7.69. The Morgan fingerprint density at radius 1 is 0.500 bits per heavy atom. The van der Waals surface area contributed by atoms with Crippen LogP contribution in [0.4, 0.5) is 65.9 Å². The first-order valence-electron chi connectivity index (χ1n) is 5.01. The molecule has 0 aliphatic heterocycles. The Balaban J connectivity index is 0. The lowest BCUT2D eigenvalue weighted by molar-refractivity contribution is -0.450. The molecule has 0 atom stereocenters. The van der Waals surface area contributed by atoms with Crippen molar-refractivity contribution in [3.8, 4) is 0 Å². The second kappa shape index (κ2) is 6.40. The molecule has 0 aliphatic carbocycles. The number of hydrogen-bond acceptors (Lipinski definition) is 1. The fourth-order valence-electron chi connectivity index (χ4n) is 1.10. The van der Waals surface area contributed by atoms with Gasteiger partial charge in [0.2, 0.25) is 0 Å². The van der Waals surface area contributed by atoms with Gasteiger partial charge in [0.05, 0.1) is 0 Å². The number of aliphatic carboxylic acids is 1. The molecule has 0 aromatic carbocycles. The molecule has 1 N–H and O–H groups in total. The first kappa shape index (κ1) is 26.9. The molecule has 2 nitrogen and oxygen atoms in total. The Morgan fingerprint density at radius 3 is 0.962 bits per heavy atom. The fourth-order valence-corrected chi connectivity index (χ4v) is 1.10. The van der Waals surface area contributed by atoms with E-state index in [1.54, 1.807) is 0 Å². The van der Waals surface area contributed by atoms with Crippen LogP contribution in [0, 0.1) is 0 Å². The molecule has 18 heteroatoms. The maximum absolute atomic E-state index is 12.8. The minimum absolute atomic E-state index is 0. The van der Waals surface area contributed by atoms with Gasteiger partial charge in [-0.1, -0.05) is 0 Å². The summed E-state index contributed by atoms with van der Waals surface area (Å²) in [5.74, 6) is -52.8. The minimum atomic E-state index is -8.47. The van der Waals surface area contributed by atoms with Gasteiger partial charge in [0.25, 0.3) is 0 Å². The minimum Gasteiger partial charge on any atom is -0.477 e. The van der Waals surface area contributed by atoms with Gasteiger partial charge in [0.15, 0.2) is 0 Å². The van der Waals surface area contributed by atoms with Gasteiger partial charge in [-0.05, 0) is 0 Å². The number of halogens is 16. The molecule has 0 saturated heterocycles. The van der Waals surface area contributed by atoms with E-state index in [1.807, 2.05) is 0 Å². The van der Waals surface area contributed by atoms with E-state index in [-0.39, 0.29) is 12.4 Å². The molecule has 0 spiro atoms. The highest BCUT2D eigenvalue weighted by Crippen LogP contribution is 2.62. The summed E-state index contributed by atoms with van der Waals surface area (Å²) >= 11 is 0. The molecule has 0 fully saturated rings. The van der Waals surface area contributed by atoms with Crippen molar-refractivity contribution in [1.82, 2.24) is 0 Å². The maximum Gasteiger partial charge on any atom is 0.460 e. The van der Waals surface area contributed by atoms with Gasteiger partial charge in [0, 0.05) is 0 Å². The second-order valence-corrected chi connectivity index (χ2v) is 4.25. The SMILES string of the molecule is Cl.O=C(O)C(F)(F)C(F)(F)C(F)(F)C(F)(F)C(F)(F)C(F)(F)C(F)(F)F. The predicted octanol–water partition coefficient (Wildman–Crippen LogP) is 4.87. The molecule has 0 amide bonds. The molecule has 26 heavy (non-hydrogen) atoms. The Bertz CT molecular complexity index is 536. The summed E-state index contributed by atoms with van der Waals surface area (Å²) in [7, 11) is 0. The van der Waals surface area contributed by atoms with Gasteiger partial charge in [-0.15, -0.1) is 12.4 Å². The molecule has 0 unspecified atom stereocenters. The lowest BCUT2D eigenvalue weighted by Crippen LogP contribution is -2.73. The fraction of sp³-hybridized carbons (Fsp3) is 0.875. The van der Waals surface area contributed by atoms with Crippen LogP contribution in [0.3, 0.4) is 0 Å². The zero-order chi connectivity index (χ0) is 21.1. The molecule has 0 saturated carbocycles. The van der Waals surface area contributed by atoms with Crippen molar-refractivity contribution >= 4 is 18.4 Å². The number of hydrogen-bond donors (Lipinski definition) is 1. The third-order valence-electron chi connectivity index (χ3n) is 2.60. The molecule has 0 heterocycles. The van der Waals surface area contributed by atoms with Gasteiger partial charge < -0.3 is 5.11 Å². The summed E-state index contributed by atoms with van der Waals surface area (Å²) in [4.78, 5) is 9.72. The van der Waals surface area contributed by atoms with Crippen molar-refractivity contribution in [1.29, 1.82) is 0 Å². The van der Waals surface area contributed by atoms with Crippen LogP contribution < -0.4 is 0 Å². The molecule has 0 aromatic heterocycles. The summed E-state index contributed by atoms with van der Waals surface area (Å²) < 4.78 is 187. The van der Waals surface area contributed by atoms with E-state index in [0.29, 0.717) is 0 Å². The Hall–Kier alpha value is -1.29. The first-order valence-corrected chi connectivity index (χ1v) is 5.01. The first-order chi connectivity index (χ1) is 10.4. The summed E-state index contributed by atoms with van der Waals surface area (Å²) in [6.45, 7) is 0. The molecular formula is C8H2ClF15O2. The average Bonchev–Trinajstić information content (AvgIpc) is 2.35. The van der Waals surface area contributed by atoms with Crippen LogP contribution in [-0.4, -0.2) is 52.8 Å². The van der Waals surface area contributed by atoms with Crippen LogP contribution in [0.15, 0.2) is 0 Å². The highest BCUT2D eigenvalue weighted by Gasteiger charge is 2.94. The molecule has 158 valence electrons. The number of carboxylic acids is 1. The van der Waals surface area contributed by atoms with Crippen molar-refractivity contribution in [2.45, 2.75) is 41.7 Å². The summed E-state index contributed by atoms with van der Waals surface area (Å²) in [6, 6.07) is 0. The van der Waals surface area contributed by atoms with E-state index in [4.69, 9.17) is 5.11 Å². The van der Waals surface area contributed by atoms with Crippen molar-refractivity contribution in [3.05, 3.63) is 0 Å². The number of rotatable bonds is 6. The van der Waals surface area contributed by atoms with Crippen LogP contribution in [-0.2, 0) is 4.79 Å². The quantitative estimate of drug-likeness (QED) is 0.587. The molecule has 0 bridgehead atoms. The standard InChI is InChI=1S/C8HF15O2.ClH/c9-2(10,1(24)25)3(11,12)4(13,14)5(15,16)6(17,18)7(19,20)8(21,22)23;/h(H,24,25);1H. The third kappa shape index (κ3) is 3.11. The van der Waals surface area contributed by atoms with Crippen LogP contribution in [0.25, 0.3) is 0 Å². The van der Waals surface area contributed by atoms with Crippen LogP contribution in [0.2, 0.25) is 0 Å². The summed E-state index contributed by atoms with van der Waals surface area (Å²) in [5.41, 5.74) is 0. The molecule has 0 aromatic rings. The number of carbonyl (C=O) groups is 1. The van der Waals surface area contributed by atoms with Crippen LogP contribution in [0.1, 0.15) is 0 Å². The monoisotopic (exact) mass is 450 g/mol. The van der Waals surface area contributed by atoms with Crippen molar-refractivity contribution < 1.29 is 75.8 Å². The smallest absolute Gasteiger partial charge is 0.460 e. The predicted molar refractivity (Wildman–Crippen MR) is 50.6 cm³/mol. The van der Waals surface area contributed by atoms with Gasteiger partial charge >= 0.3 is 47.7 Å². The molecular weight excluding hydrogens is 449 g/mol. The van der Waals surface area contributed by atoms with Gasteiger partial charge in [0.1, 0.15) is 0 Å². The Kier molecular flexibility index (Phi) is 6.63. The van der Waals surface area contributed by atoms with Gasteiger partial charge in [-0.2, -0.15) is 65.9 Å². The molecule has 0 rings (SSSR count). The van der Waals surface area contributed by atoms with Gasteiger partial charge in [-0.3, -0.25) is 0 Å². The van der Waals surface area contributed by atoms with Crippen LogP contribution >= 0.6 is 12.4 Å². The van der Waals surface area contributed by atoms with E-state index >= 15 is 0 Å². The lowest BCUT2D eigenvalue weighted by atomic mass is 9.91. The largest absolute Gasteiger partial charge is 0.477 e. The number of alkyl halides is 15. The van der Waals surface area contributed by atoms with Crippen molar-refractivity contribution in [2.24, 2.45) is 0 Å². The number of carboxylic acid groups (broad SMARTS) is 1. The van der Waals surface area contributed by atoms with E-state index in [9.17, 15) is 70.7 Å². The molecule has 0 aliphatic rings. The zero-order valence-electron chi connectivity index (χ0n) is 10.9. The van der Waals surface area contributed by atoms with E-state index in [1.165, 1.54) is 0 Å². The second-order valence-electron chi connectivity index (χ2n) is 4.25. The van der Waals surface area contributed by atoms with E-state index in [2.05, 4.69) is 0 Å². The topological polar surface area (TPSA) is 37.3 Å². The average molecular weight is 451 g/mol. The van der Waals surface area contributed by atoms with E-state index < -0.39 is 47.7 Å².